The van der Waals surface area contributed by atoms with Crippen LogP contribution in [0.5, 0.6) is 11.5 Å². The molecule has 2 rings (SSSR count). The highest BCUT2D eigenvalue weighted by molar-refractivity contribution is 5.84. The Labute approximate surface area is 136 Å². The maximum Gasteiger partial charge on any atom is 0.326 e. The average molecular weight is 321 g/mol. The Bertz CT molecular complexity index is 572. The van der Waals surface area contributed by atoms with Crippen molar-refractivity contribution in [1.29, 1.82) is 0 Å². The molecule has 0 aliphatic carbocycles. The van der Waals surface area contributed by atoms with Gasteiger partial charge in [-0.05, 0) is 37.8 Å². The number of aryl methyl sites for hydroxylation is 1. The lowest BCUT2D eigenvalue weighted by atomic mass is 10.1. The number of carboxylic acids is 1. The van der Waals surface area contributed by atoms with E-state index >= 15 is 0 Å². The van der Waals surface area contributed by atoms with Gasteiger partial charge in [0.15, 0.2) is 11.5 Å². The Morgan fingerprint density at radius 2 is 2.17 bits per heavy atom. The molecule has 6 heteroatoms. The Morgan fingerprint density at radius 3 is 2.83 bits per heavy atom. The van der Waals surface area contributed by atoms with Crippen molar-refractivity contribution in [1.82, 2.24) is 4.90 Å². The predicted molar refractivity (Wildman–Crippen MR) is 84.9 cm³/mol. The summed E-state index contributed by atoms with van der Waals surface area (Å²) in [5, 5.41) is 9.17. The van der Waals surface area contributed by atoms with Crippen LogP contribution in [0.3, 0.4) is 0 Å². The van der Waals surface area contributed by atoms with Gasteiger partial charge in [-0.1, -0.05) is 12.1 Å². The van der Waals surface area contributed by atoms with E-state index in [2.05, 4.69) is 0 Å². The van der Waals surface area contributed by atoms with Crippen molar-refractivity contribution < 1.29 is 24.2 Å². The molecule has 0 saturated carbocycles. The maximum atomic E-state index is 12.3. The van der Waals surface area contributed by atoms with E-state index in [0.717, 1.165) is 12.0 Å². The van der Waals surface area contributed by atoms with E-state index in [4.69, 9.17) is 14.6 Å². The maximum absolute atomic E-state index is 12.3. The van der Waals surface area contributed by atoms with Crippen molar-refractivity contribution >= 4 is 11.9 Å². The number of nitrogens with zero attached hydrogens (tertiary/aromatic N) is 1. The minimum atomic E-state index is -0.924. The second kappa shape index (κ2) is 7.85. The van der Waals surface area contributed by atoms with Crippen LogP contribution in [-0.2, 0) is 16.0 Å². The van der Waals surface area contributed by atoms with Gasteiger partial charge in [0.05, 0.1) is 13.7 Å². The van der Waals surface area contributed by atoms with Crippen molar-refractivity contribution in [2.24, 2.45) is 0 Å². The molecule has 1 N–H and O–H groups in total. The Hall–Kier alpha value is -2.24. The summed E-state index contributed by atoms with van der Waals surface area (Å²) in [6.45, 7) is 2.92. The predicted octanol–water partition coefficient (Wildman–Crippen LogP) is 2.10. The van der Waals surface area contributed by atoms with Gasteiger partial charge < -0.3 is 19.5 Å². The Morgan fingerprint density at radius 1 is 1.39 bits per heavy atom. The number of benzene rings is 1. The number of carboxylic acid groups (broad SMARTS) is 1. The van der Waals surface area contributed by atoms with Gasteiger partial charge in [-0.15, -0.1) is 0 Å². The molecule has 1 amide bonds. The number of carbonyl (C=O) groups is 2. The van der Waals surface area contributed by atoms with Gasteiger partial charge >= 0.3 is 5.97 Å². The summed E-state index contributed by atoms with van der Waals surface area (Å²) in [7, 11) is 1.58. The summed E-state index contributed by atoms with van der Waals surface area (Å²) < 4.78 is 10.9. The van der Waals surface area contributed by atoms with Crippen LogP contribution < -0.4 is 9.47 Å². The van der Waals surface area contributed by atoms with E-state index in [1.165, 1.54) is 4.90 Å². The third-order valence-electron chi connectivity index (χ3n) is 4.04. The zero-order valence-electron chi connectivity index (χ0n) is 13.6. The molecule has 1 aromatic carbocycles. The molecular weight excluding hydrogens is 298 g/mol. The van der Waals surface area contributed by atoms with Crippen LogP contribution in [0.15, 0.2) is 18.2 Å². The van der Waals surface area contributed by atoms with E-state index in [0.29, 0.717) is 37.5 Å². The summed E-state index contributed by atoms with van der Waals surface area (Å²) >= 11 is 0. The normalized spacial score (nSPS) is 17.1. The standard InChI is InChI=1S/C17H23NO5/c1-3-23-16-12(6-4-8-14(16)22-2)9-10-15(19)18-11-5-7-13(18)17(20)21/h4,6,8,13H,3,5,7,9-11H2,1-2H3,(H,20,21). The van der Waals surface area contributed by atoms with E-state index in [9.17, 15) is 9.59 Å². The van der Waals surface area contributed by atoms with Crippen LogP contribution in [0.4, 0.5) is 0 Å². The van der Waals surface area contributed by atoms with Gasteiger partial charge in [-0.25, -0.2) is 4.79 Å². The summed E-state index contributed by atoms with van der Waals surface area (Å²) in [5.74, 6) is 0.246. The first-order valence-electron chi connectivity index (χ1n) is 7.89. The number of hydrogen-bond donors (Lipinski definition) is 1. The molecule has 0 bridgehead atoms. The molecular formula is C17H23NO5. The molecule has 1 aliphatic heterocycles. The highest BCUT2D eigenvalue weighted by Crippen LogP contribution is 2.32. The number of rotatable bonds is 7. The Kier molecular flexibility index (Phi) is 5.84. The van der Waals surface area contributed by atoms with Crippen LogP contribution in [0.1, 0.15) is 31.7 Å². The first kappa shape index (κ1) is 17.1. The lowest BCUT2D eigenvalue weighted by Crippen LogP contribution is -2.40. The van der Waals surface area contributed by atoms with Gasteiger partial charge in [0.2, 0.25) is 5.91 Å². The first-order chi connectivity index (χ1) is 11.1. The van der Waals surface area contributed by atoms with Crippen LogP contribution in [0.25, 0.3) is 0 Å². The van der Waals surface area contributed by atoms with Gasteiger partial charge in [-0.2, -0.15) is 0 Å². The van der Waals surface area contributed by atoms with Crippen LogP contribution in [-0.4, -0.2) is 48.2 Å². The van der Waals surface area contributed by atoms with Gasteiger partial charge in [0.25, 0.3) is 0 Å². The largest absolute Gasteiger partial charge is 0.493 e. The third-order valence-corrected chi connectivity index (χ3v) is 4.04. The molecule has 23 heavy (non-hydrogen) atoms. The summed E-state index contributed by atoms with van der Waals surface area (Å²) in [6.07, 6.45) is 2.03. The molecule has 1 aliphatic rings. The third kappa shape index (κ3) is 3.94. The van der Waals surface area contributed by atoms with E-state index in [1.807, 2.05) is 25.1 Å². The summed E-state index contributed by atoms with van der Waals surface area (Å²) in [5.41, 5.74) is 0.894. The lowest BCUT2D eigenvalue weighted by molar-refractivity contribution is -0.148. The zero-order valence-corrected chi connectivity index (χ0v) is 13.6. The molecule has 0 spiro atoms. The second-order valence-electron chi connectivity index (χ2n) is 5.46. The summed E-state index contributed by atoms with van der Waals surface area (Å²) in [4.78, 5) is 25.0. The molecule has 1 heterocycles. The molecule has 1 saturated heterocycles. The van der Waals surface area contributed by atoms with Crippen LogP contribution >= 0.6 is 0 Å². The minimum absolute atomic E-state index is 0.125. The smallest absolute Gasteiger partial charge is 0.326 e. The number of aliphatic carboxylic acids is 1. The number of para-hydroxylation sites is 1. The highest BCUT2D eigenvalue weighted by Gasteiger charge is 2.33. The number of likely N-dealkylation sites (tertiary alicyclic amines) is 1. The molecule has 1 atom stereocenters. The number of methoxy groups -OCH3 is 1. The fourth-order valence-corrected chi connectivity index (χ4v) is 2.93. The Balaban J connectivity index is 2.05. The molecule has 6 nitrogen and oxygen atoms in total. The monoisotopic (exact) mass is 321 g/mol. The van der Waals surface area contributed by atoms with Crippen LogP contribution in [0.2, 0.25) is 0 Å². The summed E-state index contributed by atoms with van der Waals surface area (Å²) in [6, 6.07) is 4.90. The molecule has 1 unspecified atom stereocenters. The van der Waals surface area contributed by atoms with Crippen molar-refractivity contribution in [2.45, 2.75) is 38.6 Å². The van der Waals surface area contributed by atoms with E-state index in [-0.39, 0.29) is 12.3 Å². The second-order valence-corrected chi connectivity index (χ2v) is 5.46. The van der Waals surface area contributed by atoms with Gasteiger partial charge in [0.1, 0.15) is 6.04 Å². The molecule has 1 aromatic rings. The van der Waals surface area contributed by atoms with Crippen molar-refractivity contribution in [2.75, 3.05) is 20.3 Å². The molecule has 0 aromatic heterocycles. The number of hydrogen-bond acceptors (Lipinski definition) is 4. The van der Waals surface area contributed by atoms with Crippen molar-refractivity contribution in [3.63, 3.8) is 0 Å². The van der Waals surface area contributed by atoms with E-state index in [1.54, 1.807) is 7.11 Å². The number of carbonyl (C=O) groups excluding carboxylic acids is 1. The highest BCUT2D eigenvalue weighted by atomic mass is 16.5. The van der Waals surface area contributed by atoms with Gasteiger partial charge in [0, 0.05) is 13.0 Å². The zero-order chi connectivity index (χ0) is 16.8. The number of amides is 1. The van der Waals surface area contributed by atoms with Crippen LogP contribution in [0, 0.1) is 0 Å². The molecule has 126 valence electrons. The minimum Gasteiger partial charge on any atom is -0.493 e. The SMILES string of the molecule is CCOc1c(CCC(=O)N2CCCC2C(=O)O)cccc1OC. The van der Waals surface area contributed by atoms with Crippen molar-refractivity contribution in [3.05, 3.63) is 23.8 Å². The topological polar surface area (TPSA) is 76.1 Å². The van der Waals surface area contributed by atoms with Crippen molar-refractivity contribution in [3.8, 4) is 11.5 Å². The molecule has 0 radical (unpaired) electrons. The van der Waals surface area contributed by atoms with E-state index < -0.39 is 12.0 Å². The fourth-order valence-electron chi connectivity index (χ4n) is 2.93. The average Bonchev–Trinajstić information content (AvgIpc) is 3.03. The fraction of sp³-hybridized carbons (Fsp3) is 0.529. The molecule has 1 fully saturated rings. The van der Waals surface area contributed by atoms with Gasteiger partial charge in [-0.3, -0.25) is 4.79 Å². The quantitative estimate of drug-likeness (QED) is 0.832. The first-order valence-corrected chi connectivity index (χ1v) is 7.89. The number of ether oxygens (including phenoxy) is 2. The lowest BCUT2D eigenvalue weighted by Gasteiger charge is -2.21.